The first-order chi connectivity index (χ1) is 15.1. The van der Waals surface area contributed by atoms with E-state index in [0.717, 1.165) is 4.68 Å². The SMILES string of the molecule is COc1ccc(NC(=O)Cn2nc3c(Oc4ccccc4)nccn3c2=O)cc1OC. The third-order valence-electron chi connectivity index (χ3n) is 4.39. The number of ether oxygens (including phenoxy) is 3. The lowest BCUT2D eigenvalue weighted by molar-refractivity contribution is -0.117. The Balaban J connectivity index is 1.56. The topological polar surface area (TPSA) is 109 Å². The number of benzene rings is 2. The summed E-state index contributed by atoms with van der Waals surface area (Å²) >= 11 is 0. The minimum atomic E-state index is -0.488. The molecule has 4 aromatic rings. The number of carbonyl (C=O) groups excluding carboxylic acids is 1. The number of rotatable bonds is 7. The molecule has 10 heteroatoms. The summed E-state index contributed by atoms with van der Waals surface area (Å²) in [6, 6.07) is 14.0. The largest absolute Gasteiger partial charge is 0.493 e. The Labute approximate surface area is 176 Å². The molecule has 2 aromatic carbocycles. The average molecular weight is 421 g/mol. The first-order valence-corrected chi connectivity index (χ1v) is 9.28. The number of anilines is 1. The van der Waals surface area contributed by atoms with Gasteiger partial charge >= 0.3 is 5.69 Å². The van der Waals surface area contributed by atoms with E-state index in [-0.39, 0.29) is 18.1 Å². The number of nitrogens with zero attached hydrogens (tertiary/aromatic N) is 4. The normalized spacial score (nSPS) is 10.6. The van der Waals surface area contributed by atoms with Crippen LogP contribution < -0.4 is 25.2 Å². The fourth-order valence-corrected chi connectivity index (χ4v) is 2.95. The van der Waals surface area contributed by atoms with Gasteiger partial charge in [0.2, 0.25) is 11.6 Å². The maximum atomic E-state index is 12.7. The van der Waals surface area contributed by atoms with Gasteiger partial charge in [-0.1, -0.05) is 18.2 Å². The van der Waals surface area contributed by atoms with Crippen LogP contribution in [0, 0.1) is 0 Å². The quantitative estimate of drug-likeness (QED) is 0.488. The second-order valence-electron chi connectivity index (χ2n) is 6.40. The highest BCUT2D eigenvalue weighted by Crippen LogP contribution is 2.29. The molecule has 0 aliphatic heterocycles. The summed E-state index contributed by atoms with van der Waals surface area (Å²) in [6.45, 7) is -0.292. The number of hydrogen-bond donors (Lipinski definition) is 1. The number of nitrogens with one attached hydrogen (secondary N) is 1. The number of methoxy groups -OCH3 is 2. The molecule has 1 amide bonds. The van der Waals surface area contributed by atoms with Crippen LogP contribution in [0.5, 0.6) is 23.1 Å². The number of carbonyl (C=O) groups is 1. The Bertz CT molecular complexity index is 1280. The number of amides is 1. The predicted octanol–water partition coefficient (Wildman–Crippen LogP) is 2.34. The van der Waals surface area contributed by atoms with Crippen molar-refractivity contribution in [1.29, 1.82) is 0 Å². The van der Waals surface area contributed by atoms with Crippen LogP contribution in [0.15, 0.2) is 65.7 Å². The highest BCUT2D eigenvalue weighted by molar-refractivity contribution is 5.90. The zero-order valence-electron chi connectivity index (χ0n) is 16.8. The van der Waals surface area contributed by atoms with Gasteiger partial charge in [0.1, 0.15) is 12.3 Å². The standard InChI is InChI=1S/C21H19N5O5/c1-29-16-9-8-14(12-17(16)30-2)23-18(27)13-26-21(28)25-11-10-22-20(19(25)24-26)31-15-6-4-3-5-7-15/h3-12H,13H2,1-2H3,(H,23,27). The van der Waals surface area contributed by atoms with Gasteiger partial charge in [0.25, 0.3) is 5.88 Å². The molecule has 0 fully saturated rings. The maximum absolute atomic E-state index is 12.7. The number of hydrogen-bond acceptors (Lipinski definition) is 7. The smallest absolute Gasteiger partial charge is 0.351 e. The van der Waals surface area contributed by atoms with E-state index in [0.29, 0.717) is 22.9 Å². The van der Waals surface area contributed by atoms with Gasteiger partial charge in [0.15, 0.2) is 11.5 Å². The first kappa shape index (κ1) is 20.0. The predicted molar refractivity (Wildman–Crippen MR) is 112 cm³/mol. The molecule has 0 aliphatic rings. The Kier molecular flexibility index (Phi) is 5.52. The summed E-state index contributed by atoms with van der Waals surface area (Å²) in [5.74, 6) is 1.28. The molecule has 2 aromatic heterocycles. The maximum Gasteiger partial charge on any atom is 0.351 e. The van der Waals surface area contributed by atoms with Crippen LogP contribution in [0.1, 0.15) is 0 Å². The fraction of sp³-hybridized carbons (Fsp3) is 0.143. The Morgan fingerprint density at radius 3 is 2.58 bits per heavy atom. The Morgan fingerprint density at radius 1 is 1.06 bits per heavy atom. The van der Waals surface area contributed by atoms with Crippen molar-refractivity contribution in [3.8, 4) is 23.1 Å². The zero-order chi connectivity index (χ0) is 21.8. The van der Waals surface area contributed by atoms with Crippen molar-refractivity contribution >= 4 is 17.2 Å². The molecule has 31 heavy (non-hydrogen) atoms. The molecule has 4 rings (SSSR count). The number of aromatic nitrogens is 4. The van der Waals surface area contributed by atoms with E-state index in [1.807, 2.05) is 18.2 Å². The van der Waals surface area contributed by atoms with Crippen molar-refractivity contribution in [1.82, 2.24) is 19.2 Å². The van der Waals surface area contributed by atoms with Crippen molar-refractivity contribution in [3.05, 3.63) is 71.4 Å². The van der Waals surface area contributed by atoms with Crippen LogP contribution in [0.4, 0.5) is 5.69 Å². The minimum absolute atomic E-state index is 0.157. The van der Waals surface area contributed by atoms with Crippen LogP contribution in [0.3, 0.4) is 0 Å². The van der Waals surface area contributed by atoms with E-state index in [2.05, 4.69) is 15.4 Å². The van der Waals surface area contributed by atoms with Crippen LogP contribution in [0.25, 0.3) is 5.65 Å². The van der Waals surface area contributed by atoms with Crippen LogP contribution in [-0.2, 0) is 11.3 Å². The molecule has 10 nitrogen and oxygen atoms in total. The molecule has 0 saturated carbocycles. The number of para-hydroxylation sites is 1. The van der Waals surface area contributed by atoms with Gasteiger partial charge in [-0.2, -0.15) is 0 Å². The lowest BCUT2D eigenvalue weighted by atomic mass is 10.2. The summed E-state index contributed by atoms with van der Waals surface area (Å²) in [4.78, 5) is 29.3. The van der Waals surface area contributed by atoms with Crippen molar-refractivity contribution in [3.63, 3.8) is 0 Å². The molecule has 0 bridgehead atoms. The Hall–Kier alpha value is -4.34. The summed E-state index contributed by atoms with van der Waals surface area (Å²) in [7, 11) is 3.03. The minimum Gasteiger partial charge on any atom is -0.493 e. The molecule has 1 N–H and O–H groups in total. The van der Waals surface area contributed by atoms with Crippen molar-refractivity contribution in [2.45, 2.75) is 6.54 Å². The first-order valence-electron chi connectivity index (χ1n) is 9.28. The molecular formula is C21H19N5O5. The lowest BCUT2D eigenvalue weighted by Gasteiger charge is -2.10. The van der Waals surface area contributed by atoms with Gasteiger partial charge in [-0.25, -0.2) is 18.9 Å². The molecule has 0 radical (unpaired) electrons. The number of fused-ring (bicyclic) bond motifs is 1. The van der Waals surface area contributed by atoms with E-state index >= 15 is 0 Å². The summed E-state index contributed by atoms with van der Waals surface area (Å²) in [5.41, 5.74) is 0.210. The molecule has 0 atom stereocenters. The van der Waals surface area contributed by atoms with Gasteiger partial charge < -0.3 is 19.5 Å². The molecule has 0 unspecified atom stereocenters. The van der Waals surface area contributed by atoms with E-state index in [1.54, 1.807) is 30.3 Å². The van der Waals surface area contributed by atoms with Crippen LogP contribution >= 0.6 is 0 Å². The van der Waals surface area contributed by atoms with Gasteiger partial charge in [-0.15, -0.1) is 5.10 Å². The fourth-order valence-electron chi connectivity index (χ4n) is 2.95. The van der Waals surface area contributed by atoms with Crippen LogP contribution in [0.2, 0.25) is 0 Å². The second-order valence-corrected chi connectivity index (χ2v) is 6.40. The van der Waals surface area contributed by atoms with Gasteiger partial charge in [-0.3, -0.25) is 4.79 Å². The Morgan fingerprint density at radius 2 is 1.84 bits per heavy atom. The van der Waals surface area contributed by atoms with Gasteiger partial charge in [0, 0.05) is 24.1 Å². The van der Waals surface area contributed by atoms with Crippen LogP contribution in [-0.4, -0.2) is 39.3 Å². The van der Waals surface area contributed by atoms with E-state index in [4.69, 9.17) is 14.2 Å². The van der Waals surface area contributed by atoms with Crippen molar-refractivity contribution in [2.75, 3.05) is 19.5 Å². The van der Waals surface area contributed by atoms with Gasteiger partial charge in [0.05, 0.1) is 14.2 Å². The zero-order valence-corrected chi connectivity index (χ0v) is 16.8. The van der Waals surface area contributed by atoms with E-state index in [9.17, 15) is 9.59 Å². The molecule has 0 aliphatic carbocycles. The summed E-state index contributed by atoms with van der Waals surface area (Å²) in [6.07, 6.45) is 2.90. The molecule has 158 valence electrons. The van der Waals surface area contributed by atoms with E-state index in [1.165, 1.54) is 31.0 Å². The highest BCUT2D eigenvalue weighted by Gasteiger charge is 2.16. The molecule has 0 spiro atoms. The van der Waals surface area contributed by atoms with E-state index < -0.39 is 11.6 Å². The van der Waals surface area contributed by atoms with Gasteiger partial charge in [-0.05, 0) is 24.3 Å². The summed E-state index contributed by atoms with van der Waals surface area (Å²) < 4.78 is 18.5. The summed E-state index contributed by atoms with van der Waals surface area (Å²) in [5, 5.41) is 6.94. The molecule has 2 heterocycles. The highest BCUT2D eigenvalue weighted by atomic mass is 16.5. The monoisotopic (exact) mass is 421 g/mol. The lowest BCUT2D eigenvalue weighted by Crippen LogP contribution is -2.28. The van der Waals surface area contributed by atoms with Crippen molar-refractivity contribution in [2.24, 2.45) is 0 Å². The molecule has 0 saturated heterocycles. The third-order valence-corrected chi connectivity index (χ3v) is 4.39. The average Bonchev–Trinajstić information content (AvgIpc) is 3.10. The third kappa shape index (κ3) is 4.17. The van der Waals surface area contributed by atoms with Crippen molar-refractivity contribution < 1.29 is 19.0 Å². The molecular weight excluding hydrogens is 402 g/mol. The second kappa shape index (κ2) is 8.57.